The molecule has 0 aliphatic rings. The molecule has 12 heteroatoms. The number of hydrogen-bond donors (Lipinski definition) is 2. The number of hydrogen-bond acceptors (Lipinski definition) is 7. The predicted octanol–water partition coefficient (Wildman–Crippen LogP) is 3.09. The number of nitrogens with zero attached hydrogens (tertiary/aromatic N) is 7. The molecule has 0 aliphatic carbocycles. The number of anilines is 3. The third kappa shape index (κ3) is 4.15. The Morgan fingerprint density at radius 3 is 2.45 bits per heavy atom. The number of aryl methyl sites for hydroxylation is 2. The van der Waals surface area contributed by atoms with E-state index in [0.29, 0.717) is 23.8 Å². The summed E-state index contributed by atoms with van der Waals surface area (Å²) in [7, 11) is 1.78. The maximum atomic E-state index is 13.1. The second-order valence-corrected chi connectivity index (χ2v) is 6.98. The van der Waals surface area contributed by atoms with E-state index in [1.54, 1.807) is 42.8 Å². The lowest BCUT2D eigenvalue weighted by Gasteiger charge is -2.21. The summed E-state index contributed by atoms with van der Waals surface area (Å²) in [4.78, 5) is 12.1. The fourth-order valence-electron chi connectivity index (χ4n) is 2.66. The third-order valence-corrected chi connectivity index (χ3v) is 4.30. The van der Waals surface area contributed by atoms with Crippen molar-refractivity contribution >= 4 is 17.5 Å². The Labute approximate surface area is 165 Å². The number of aromatic nitrogens is 7. The first-order valence-corrected chi connectivity index (χ1v) is 8.90. The molecular weight excluding hydrogens is 387 g/mol. The van der Waals surface area contributed by atoms with E-state index in [4.69, 9.17) is 0 Å². The average Bonchev–Trinajstić information content (AvgIpc) is 3.21. The normalized spacial score (nSPS) is 12.3. The monoisotopic (exact) mass is 409 g/mol. The highest BCUT2D eigenvalue weighted by atomic mass is 19.4. The highest BCUT2D eigenvalue weighted by Crippen LogP contribution is 2.34. The molecule has 0 aliphatic heterocycles. The maximum Gasteiger partial charge on any atom is 0.421 e. The van der Waals surface area contributed by atoms with Gasteiger partial charge in [-0.1, -0.05) is 0 Å². The summed E-state index contributed by atoms with van der Waals surface area (Å²) in [5.74, 6) is 0.334. The summed E-state index contributed by atoms with van der Waals surface area (Å²) in [6.07, 6.45) is -0.462. The van der Waals surface area contributed by atoms with Crippen molar-refractivity contribution in [3.63, 3.8) is 0 Å². The molecule has 0 fully saturated rings. The summed E-state index contributed by atoms with van der Waals surface area (Å²) < 4.78 is 42.7. The standard InChI is InChI=1S/C17H22F3N9/c1-6-21-13-11(17(18,19)20)7-22-15(25-13)24-12-8-29(26-10(12)2)16(3,4)14-23-9-28(5)27-14/h7-9H,6H2,1-5H3,(H2,21,22,24,25). The van der Waals surface area contributed by atoms with Crippen LogP contribution >= 0.6 is 0 Å². The zero-order valence-corrected chi connectivity index (χ0v) is 16.7. The van der Waals surface area contributed by atoms with Crippen molar-refractivity contribution in [2.45, 2.75) is 39.4 Å². The van der Waals surface area contributed by atoms with Crippen LogP contribution in [0.5, 0.6) is 0 Å². The summed E-state index contributed by atoms with van der Waals surface area (Å²) >= 11 is 0. The van der Waals surface area contributed by atoms with Gasteiger partial charge in [0.2, 0.25) is 5.95 Å². The Morgan fingerprint density at radius 2 is 1.86 bits per heavy atom. The fraction of sp³-hybridized carbons (Fsp3) is 0.471. The van der Waals surface area contributed by atoms with Gasteiger partial charge < -0.3 is 10.6 Å². The van der Waals surface area contributed by atoms with Gasteiger partial charge in [0.05, 0.1) is 11.4 Å². The van der Waals surface area contributed by atoms with Crippen LogP contribution in [0.15, 0.2) is 18.7 Å². The molecule has 0 saturated carbocycles. The molecule has 3 aromatic heterocycles. The van der Waals surface area contributed by atoms with Crippen LogP contribution in [0.2, 0.25) is 0 Å². The van der Waals surface area contributed by atoms with Crippen LogP contribution in [0.1, 0.15) is 37.9 Å². The molecule has 2 N–H and O–H groups in total. The minimum absolute atomic E-state index is 0.0327. The van der Waals surface area contributed by atoms with E-state index in [-0.39, 0.29) is 11.8 Å². The summed E-state index contributed by atoms with van der Waals surface area (Å²) in [6.45, 7) is 7.59. The van der Waals surface area contributed by atoms with E-state index >= 15 is 0 Å². The zero-order chi connectivity index (χ0) is 21.4. The first-order chi connectivity index (χ1) is 13.5. The highest BCUT2D eigenvalue weighted by molar-refractivity contribution is 5.58. The van der Waals surface area contributed by atoms with Gasteiger partial charge in [0.1, 0.15) is 23.2 Å². The highest BCUT2D eigenvalue weighted by Gasteiger charge is 2.35. The van der Waals surface area contributed by atoms with Gasteiger partial charge in [-0.3, -0.25) is 9.36 Å². The maximum absolute atomic E-state index is 13.1. The van der Waals surface area contributed by atoms with Crippen LogP contribution in [-0.4, -0.2) is 41.1 Å². The van der Waals surface area contributed by atoms with Crippen LogP contribution in [0.25, 0.3) is 0 Å². The average molecular weight is 409 g/mol. The second kappa shape index (κ2) is 7.33. The number of alkyl halides is 3. The van der Waals surface area contributed by atoms with Crippen molar-refractivity contribution in [2.24, 2.45) is 7.05 Å². The Bertz CT molecular complexity index is 1000. The molecule has 0 aromatic carbocycles. The van der Waals surface area contributed by atoms with Crippen molar-refractivity contribution in [1.82, 2.24) is 34.5 Å². The molecule has 0 unspecified atom stereocenters. The number of rotatable bonds is 6. The van der Waals surface area contributed by atoms with Crippen LogP contribution in [0.3, 0.4) is 0 Å². The van der Waals surface area contributed by atoms with Crippen LogP contribution < -0.4 is 10.6 Å². The van der Waals surface area contributed by atoms with Crippen molar-refractivity contribution in [3.05, 3.63) is 35.8 Å². The second-order valence-electron chi connectivity index (χ2n) is 6.98. The lowest BCUT2D eigenvalue weighted by Crippen LogP contribution is -2.30. The Kier molecular flexibility index (Phi) is 5.20. The molecular formula is C17H22F3N9. The van der Waals surface area contributed by atoms with E-state index in [9.17, 15) is 13.2 Å². The predicted molar refractivity (Wildman–Crippen MR) is 101 cm³/mol. The molecule has 29 heavy (non-hydrogen) atoms. The molecule has 0 atom stereocenters. The quantitative estimate of drug-likeness (QED) is 0.646. The third-order valence-electron chi connectivity index (χ3n) is 4.30. The minimum atomic E-state index is -4.55. The molecule has 156 valence electrons. The smallest absolute Gasteiger partial charge is 0.370 e. The lowest BCUT2D eigenvalue weighted by molar-refractivity contribution is -0.137. The zero-order valence-electron chi connectivity index (χ0n) is 16.7. The van der Waals surface area contributed by atoms with Crippen molar-refractivity contribution in [1.29, 1.82) is 0 Å². The first-order valence-electron chi connectivity index (χ1n) is 8.90. The topological polar surface area (TPSA) is 98.4 Å². The summed E-state index contributed by atoms with van der Waals surface area (Å²) in [5, 5.41) is 14.4. The molecule has 9 nitrogen and oxygen atoms in total. The molecule has 0 spiro atoms. The SMILES string of the molecule is CCNc1nc(Nc2cn(C(C)(C)c3ncn(C)n3)nc2C)ncc1C(F)(F)F. The largest absolute Gasteiger partial charge is 0.421 e. The van der Waals surface area contributed by atoms with E-state index in [0.717, 1.165) is 6.20 Å². The molecule has 0 radical (unpaired) electrons. The van der Waals surface area contributed by atoms with Gasteiger partial charge in [-0.25, -0.2) is 9.97 Å². The van der Waals surface area contributed by atoms with Gasteiger partial charge >= 0.3 is 6.18 Å². The van der Waals surface area contributed by atoms with Crippen molar-refractivity contribution in [3.8, 4) is 0 Å². The van der Waals surface area contributed by atoms with Crippen molar-refractivity contribution in [2.75, 3.05) is 17.2 Å². The minimum Gasteiger partial charge on any atom is -0.370 e. The fourth-order valence-corrected chi connectivity index (χ4v) is 2.66. The van der Waals surface area contributed by atoms with Gasteiger partial charge in [-0.15, -0.1) is 0 Å². The van der Waals surface area contributed by atoms with Gasteiger partial charge in [0.25, 0.3) is 0 Å². The van der Waals surface area contributed by atoms with Crippen LogP contribution in [0.4, 0.5) is 30.6 Å². The first kappa shape index (κ1) is 20.6. The molecule has 0 amide bonds. The Morgan fingerprint density at radius 1 is 1.14 bits per heavy atom. The lowest BCUT2D eigenvalue weighted by atomic mass is 10.1. The van der Waals surface area contributed by atoms with E-state index in [2.05, 4.69) is 35.8 Å². The van der Waals surface area contributed by atoms with E-state index in [1.807, 2.05) is 13.8 Å². The summed E-state index contributed by atoms with van der Waals surface area (Å²) in [6, 6.07) is 0. The number of halogens is 3. The summed E-state index contributed by atoms with van der Waals surface area (Å²) in [5.41, 5.74) is -0.361. The van der Waals surface area contributed by atoms with Gasteiger partial charge in [-0.2, -0.15) is 28.4 Å². The van der Waals surface area contributed by atoms with E-state index in [1.165, 1.54) is 0 Å². The van der Waals surface area contributed by atoms with Crippen molar-refractivity contribution < 1.29 is 13.2 Å². The molecule has 3 rings (SSSR count). The molecule has 3 heterocycles. The molecule has 3 aromatic rings. The Balaban J connectivity index is 1.91. The van der Waals surface area contributed by atoms with Gasteiger partial charge in [-0.05, 0) is 27.7 Å². The van der Waals surface area contributed by atoms with Gasteiger partial charge in [0, 0.05) is 26.0 Å². The molecule has 0 bridgehead atoms. The number of nitrogens with one attached hydrogen (secondary N) is 2. The van der Waals surface area contributed by atoms with Crippen LogP contribution in [0, 0.1) is 6.92 Å². The van der Waals surface area contributed by atoms with Gasteiger partial charge in [0.15, 0.2) is 5.82 Å². The molecule has 0 saturated heterocycles. The van der Waals surface area contributed by atoms with Crippen LogP contribution in [-0.2, 0) is 18.8 Å². The van der Waals surface area contributed by atoms with E-state index < -0.39 is 17.3 Å². The Hall–Kier alpha value is -3.18.